The van der Waals surface area contributed by atoms with Crippen LogP contribution in [0.5, 0.6) is 0 Å². The van der Waals surface area contributed by atoms with Crippen molar-refractivity contribution < 1.29 is 17.9 Å². The van der Waals surface area contributed by atoms with Crippen molar-refractivity contribution in [3.8, 4) is 5.69 Å². The number of aromatic nitrogens is 2. The number of carbonyl (C=O) groups is 1. The number of anilines is 1. The molecule has 134 valence electrons. The molecular formula is C16H20N4O4S. The minimum absolute atomic E-state index is 0.0881. The van der Waals surface area contributed by atoms with Gasteiger partial charge in [-0.15, -0.1) is 0 Å². The summed E-state index contributed by atoms with van der Waals surface area (Å²) < 4.78 is 35.0. The SMILES string of the molecule is C[C@H]1C[C@H](S(=O)(=O)Nc2ccccc2-n2ccc(C(N)=O)n2)CCO1. The van der Waals surface area contributed by atoms with Crippen LogP contribution in [-0.4, -0.2) is 42.1 Å². The fourth-order valence-electron chi connectivity index (χ4n) is 2.82. The Balaban J connectivity index is 1.89. The van der Waals surface area contributed by atoms with Gasteiger partial charge in [0.1, 0.15) is 5.69 Å². The molecule has 2 atom stereocenters. The summed E-state index contributed by atoms with van der Waals surface area (Å²) in [6, 6.07) is 8.33. The van der Waals surface area contributed by atoms with Crippen LogP contribution in [0.3, 0.4) is 0 Å². The number of para-hydroxylation sites is 2. The summed E-state index contributed by atoms with van der Waals surface area (Å²) in [7, 11) is -3.57. The summed E-state index contributed by atoms with van der Waals surface area (Å²) in [4.78, 5) is 11.2. The molecule has 1 amide bonds. The van der Waals surface area contributed by atoms with E-state index in [-0.39, 0.29) is 11.8 Å². The lowest BCUT2D eigenvalue weighted by Gasteiger charge is -2.27. The molecule has 0 spiro atoms. The van der Waals surface area contributed by atoms with Crippen LogP contribution in [0.4, 0.5) is 5.69 Å². The minimum atomic E-state index is -3.57. The number of hydrogen-bond acceptors (Lipinski definition) is 5. The van der Waals surface area contributed by atoms with E-state index in [9.17, 15) is 13.2 Å². The lowest BCUT2D eigenvalue weighted by atomic mass is 10.1. The van der Waals surface area contributed by atoms with Crippen LogP contribution in [0.15, 0.2) is 36.5 Å². The largest absolute Gasteiger partial charge is 0.378 e. The molecule has 0 saturated carbocycles. The topological polar surface area (TPSA) is 116 Å². The first kappa shape index (κ1) is 17.4. The number of carbonyl (C=O) groups excluding carboxylic acids is 1. The molecule has 3 N–H and O–H groups in total. The molecule has 8 nitrogen and oxygen atoms in total. The van der Waals surface area contributed by atoms with Crippen molar-refractivity contribution in [3.63, 3.8) is 0 Å². The first-order chi connectivity index (χ1) is 11.9. The van der Waals surface area contributed by atoms with E-state index in [1.807, 2.05) is 6.92 Å². The fraction of sp³-hybridized carbons (Fsp3) is 0.375. The average Bonchev–Trinajstić information content (AvgIpc) is 3.05. The highest BCUT2D eigenvalue weighted by Crippen LogP contribution is 2.26. The molecular weight excluding hydrogens is 344 g/mol. The van der Waals surface area contributed by atoms with E-state index in [4.69, 9.17) is 10.5 Å². The van der Waals surface area contributed by atoms with Gasteiger partial charge in [-0.05, 0) is 38.0 Å². The van der Waals surface area contributed by atoms with Crippen molar-refractivity contribution in [2.45, 2.75) is 31.1 Å². The van der Waals surface area contributed by atoms with Gasteiger partial charge in [0.15, 0.2) is 0 Å². The van der Waals surface area contributed by atoms with E-state index in [1.165, 1.54) is 10.7 Å². The first-order valence-corrected chi connectivity index (χ1v) is 9.49. The zero-order valence-electron chi connectivity index (χ0n) is 13.8. The molecule has 9 heteroatoms. The Labute approximate surface area is 146 Å². The van der Waals surface area contributed by atoms with Crippen molar-refractivity contribution in [1.29, 1.82) is 0 Å². The van der Waals surface area contributed by atoms with Crippen molar-refractivity contribution in [2.24, 2.45) is 5.73 Å². The van der Waals surface area contributed by atoms with Gasteiger partial charge in [-0.3, -0.25) is 9.52 Å². The zero-order chi connectivity index (χ0) is 18.0. The van der Waals surface area contributed by atoms with E-state index in [0.717, 1.165) is 0 Å². The maximum atomic E-state index is 12.7. The average molecular weight is 364 g/mol. The third kappa shape index (κ3) is 3.83. The van der Waals surface area contributed by atoms with Crippen LogP contribution in [0, 0.1) is 0 Å². The van der Waals surface area contributed by atoms with Crippen LogP contribution in [-0.2, 0) is 14.8 Å². The van der Waals surface area contributed by atoms with Crippen molar-refractivity contribution in [2.75, 3.05) is 11.3 Å². The van der Waals surface area contributed by atoms with Gasteiger partial charge < -0.3 is 10.5 Å². The monoisotopic (exact) mass is 364 g/mol. The predicted molar refractivity (Wildman–Crippen MR) is 93.1 cm³/mol. The van der Waals surface area contributed by atoms with Gasteiger partial charge in [0, 0.05) is 12.8 Å². The predicted octanol–water partition coefficient (Wildman–Crippen LogP) is 1.28. The molecule has 0 radical (unpaired) electrons. The Hall–Kier alpha value is -2.39. The normalized spacial score (nSPS) is 21.0. The number of hydrogen-bond donors (Lipinski definition) is 2. The van der Waals surface area contributed by atoms with Gasteiger partial charge >= 0.3 is 0 Å². The molecule has 1 aliphatic heterocycles. The summed E-state index contributed by atoms with van der Waals surface area (Å²) in [5.41, 5.74) is 6.23. The minimum Gasteiger partial charge on any atom is -0.378 e. The van der Waals surface area contributed by atoms with E-state index in [2.05, 4.69) is 9.82 Å². The van der Waals surface area contributed by atoms with E-state index in [1.54, 1.807) is 30.5 Å². The number of nitrogens with zero attached hydrogens (tertiary/aromatic N) is 2. The van der Waals surface area contributed by atoms with Crippen LogP contribution in [0.25, 0.3) is 5.69 Å². The molecule has 0 bridgehead atoms. The summed E-state index contributed by atoms with van der Waals surface area (Å²) >= 11 is 0. The molecule has 1 aromatic carbocycles. The summed E-state index contributed by atoms with van der Waals surface area (Å²) in [6.07, 6.45) is 2.37. The van der Waals surface area contributed by atoms with Gasteiger partial charge in [-0.25, -0.2) is 13.1 Å². The number of primary amides is 1. The summed E-state index contributed by atoms with van der Waals surface area (Å²) in [5, 5.41) is 3.57. The Morgan fingerprint density at radius 2 is 2.12 bits per heavy atom. The molecule has 2 heterocycles. The second kappa shape index (κ2) is 6.85. The second-order valence-corrected chi connectivity index (χ2v) is 7.96. The van der Waals surface area contributed by atoms with Crippen LogP contribution in [0.2, 0.25) is 0 Å². The number of sulfonamides is 1. The Bertz CT molecular complexity index is 878. The number of nitrogens with two attached hydrogens (primary N) is 1. The van der Waals surface area contributed by atoms with Crippen molar-refractivity contribution in [3.05, 3.63) is 42.2 Å². The molecule has 0 aliphatic carbocycles. The summed E-state index contributed by atoms with van der Waals surface area (Å²) in [6.45, 7) is 2.29. The molecule has 1 aliphatic rings. The zero-order valence-corrected chi connectivity index (χ0v) is 14.6. The van der Waals surface area contributed by atoms with Crippen LogP contribution in [0.1, 0.15) is 30.3 Å². The van der Waals surface area contributed by atoms with Crippen molar-refractivity contribution >= 4 is 21.6 Å². The lowest BCUT2D eigenvalue weighted by molar-refractivity contribution is 0.0302. The third-order valence-corrected chi connectivity index (χ3v) is 5.93. The van der Waals surface area contributed by atoms with Crippen LogP contribution < -0.4 is 10.5 Å². The Morgan fingerprint density at radius 1 is 1.36 bits per heavy atom. The highest BCUT2D eigenvalue weighted by Gasteiger charge is 2.31. The molecule has 3 rings (SSSR count). The van der Waals surface area contributed by atoms with Crippen LogP contribution >= 0.6 is 0 Å². The quantitative estimate of drug-likeness (QED) is 0.829. The number of rotatable bonds is 5. The highest BCUT2D eigenvalue weighted by molar-refractivity contribution is 7.93. The molecule has 0 unspecified atom stereocenters. The number of nitrogens with one attached hydrogen (secondary N) is 1. The van der Waals surface area contributed by atoms with Crippen molar-refractivity contribution in [1.82, 2.24) is 9.78 Å². The Morgan fingerprint density at radius 3 is 2.80 bits per heavy atom. The molecule has 1 fully saturated rings. The third-order valence-electron chi connectivity index (χ3n) is 4.12. The summed E-state index contributed by atoms with van der Waals surface area (Å²) in [5.74, 6) is -0.645. The van der Waals surface area contributed by atoms with E-state index < -0.39 is 21.2 Å². The fourth-order valence-corrected chi connectivity index (χ4v) is 4.40. The molecule has 1 saturated heterocycles. The number of ether oxygens (including phenoxy) is 1. The van der Waals surface area contributed by atoms with E-state index >= 15 is 0 Å². The first-order valence-electron chi connectivity index (χ1n) is 7.95. The van der Waals surface area contributed by atoms with Gasteiger partial charge in [-0.1, -0.05) is 12.1 Å². The van der Waals surface area contributed by atoms with Gasteiger partial charge in [0.05, 0.1) is 22.7 Å². The van der Waals surface area contributed by atoms with Gasteiger partial charge in [0.25, 0.3) is 5.91 Å². The maximum Gasteiger partial charge on any atom is 0.269 e. The molecule has 25 heavy (non-hydrogen) atoms. The standard InChI is InChI=1S/C16H20N4O4S/c1-11-10-12(7-9-24-11)25(22,23)19-13-4-2-3-5-15(13)20-8-6-14(18-20)16(17)21/h2-6,8,11-12,19H,7,9-10H2,1H3,(H2,17,21)/t11-,12+/m0/s1. The second-order valence-electron chi connectivity index (χ2n) is 6.00. The highest BCUT2D eigenvalue weighted by atomic mass is 32.2. The molecule has 1 aromatic heterocycles. The van der Waals surface area contributed by atoms with Gasteiger partial charge in [-0.2, -0.15) is 5.10 Å². The number of amides is 1. The smallest absolute Gasteiger partial charge is 0.269 e. The van der Waals surface area contributed by atoms with Gasteiger partial charge in [0.2, 0.25) is 10.0 Å². The lowest BCUT2D eigenvalue weighted by Crippen LogP contribution is -2.36. The Kier molecular flexibility index (Phi) is 4.78. The van der Waals surface area contributed by atoms with E-state index in [0.29, 0.717) is 30.8 Å². The molecule has 2 aromatic rings. The number of benzene rings is 1. The maximum absolute atomic E-state index is 12.7.